The van der Waals surface area contributed by atoms with Crippen LogP contribution in [0.4, 0.5) is 11.5 Å². The maximum absolute atomic E-state index is 11.7. The van der Waals surface area contributed by atoms with Crippen molar-refractivity contribution in [1.82, 2.24) is 9.97 Å². The van der Waals surface area contributed by atoms with Crippen molar-refractivity contribution in [3.8, 4) is 23.1 Å². The van der Waals surface area contributed by atoms with Crippen LogP contribution in [0.25, 0.3) is 0 Å². The van der Waals surface area contributed by atoms with E-state index in [2.05, 4.69) is 29.1 Å². The van der Waals surface area contributed by atoms with Crippen molar-refractivity contribution >= 4 is 11.5 Å². The second-order valence-corrected chi connectivity index (χ2v) is 7.33. The third kappa shape index (κ3) is 5.42. The van der Waals surface area contributed by atoms with E-state index in [1.54, 1.807) is 26.4 Å². The Morgan fingerprint density at radius 1 is 1.03 bits per heavy atom. The zero-order valence-electron chi connectivity index (χ0n) is 18.5. The number of benzene rings is 2. The van der Waals surface area contributed by atoms with Gasteiger partial charge >= 0.3 is 11.6 Å². The second kappa shape index (κ2) is 10.4. The van der Waals surface area contributed by atoms with Crippen molar-refractivity contribution in [2.75, 3.05) is 26.1 Å². The molecule has 9 heteroatoms. The van der Waals surface area contributed by atoms with Gasteiger partial charge in [-0.3, -0.25) is 10.1 Å². The topological polar surface area (TPSA) is 109 Å². The highest BCUT2D eigenvalue weighted by molar-refractivity contribution is 5.62. The van der Waals surface area contributed by atoms with Gasteiger partial charge < -0.3 is 19.5 Å². The van der Waals surface area contributed by atoms with Crippen molar-refractivity contribution in [3.63, 3.8) is 0 Å². The van der Waals surface area contributed by atoms with E-state index in [0.717, 1.165) is 11.1 Å². The predicted octanol–water partition coefficient (Wildman–Crippen LogP) is 4.97. The quantitative estimate of drug-likeness (QED) is 0.349. The molecule has 1 N–H and O–H groups in total. The van der Waals surface area contributed by atoms with E-state index in [-0.39, 0.29) is 17.4 Å². The van der Waals surface area contributed by atoms with Gasteiger partial charge in [0.15, 0.2) is 11.5 Å². The number of nitro groups is 1. The van der Waals surface area contributed by atoms with Gasteiger partial charge in [0, 0.05) is 6.54 Å². The molecule has 0 atom stereocenters. The van der Waals surface area contributed by atoms with Crippen LogP contribution in [0.2, 0.25) is 0 Å². The molecule has 0 aliphatic heterocycles. The van der Waals surface area contributed by atoms with E-state index in [1.165, 1.54) is 6.33 Å². The van der Waals surface area contributed by atoms with Crippen molar-refractivity contribution in [2.24, 2.45) is 0 Å². The van der Waals surface area contributed by atoms with Crippen molar-refractivity contribution < 1.29 is 19.1 Å². The minimum atomic E-state index is -0.545. The fraction of sp³-hybridized carbons (Fsp3) is 0.304. The van der Waals surface area contributed by atoms with Crippen molar-refractivity contribution in [3.05, 3.63) is 70.0 Å². The molecular weight excluding hydrogens is 412 g/mol. The normalized spacial score (nSPS) is 10.7. The van der Waals surface area contributed by atoms with Gasteiger partial charge in [0.25, 0.3) is 0 Å². The molecule has 0 spiro atoms. The zero-order valence-corrected chi connectivity index (χ0v) is 18.5. The fourth-order valence-electron chi connectivity index (χ4n) is 3.13. The monoisotopic (exact) mass is 438 g/mol. The van der Waals surface area contributed by atoms with E-state index in [9.17, 15) is 10.1 Å². The minimum Gasteiger partial charge on any atom is -0.493 e. The molecule has 0 aliphatic rings. The molecule has 168 valence electrons. The Morgan fingerprint density at radius 3 is 2.38 bits per heavy atom. The Morgan fingerprint density at radius 2 is 1.75 bits per heavy atom. The number of rotatable bonds is 10. The van der Waals surface area contributed by atoms with Crippen molar-refractivity contribution in [1.29, 1.82) is 0 Å². The molecule has 2 aromatic carbocycles. The number of ether oxygens (including phenoxy) is 3. The van der Waals surface area contributed by atoms with Gasteiger partial charge in [-0.15, -0.1) is 0 Å². The number of nitrogens with one attached hydrogen (secondary N) is 1. The van der Waals surface area contributed by atoms with E-state index in [0.29, 0.717) is 36.1 Å². The maximum Gasteiger partial charge on any atom is 0.373 e. The molecule has 0 aliphatic carbocycles. The van der Waals surface area contributed by atoms with E-state index >= 15 is 0 Å². The lowest BCUT2D eigenvalue weighted by Gasteiger charge is -2.11. The van der Waals surface area contributed by atoms with Crippen LogP contribution in [0, 0.1) is 10.1 Å². The third-order valence-corrected chi connectivity index (χ3v) is 4.89. The number of anilines is 1. The summed E-state index contributed by atoms with van der Waals surface area (Å²) in [7, 11) is 3.15. The molecule has 3 rings (SSSR count). The van der Waals surface area contributed by atoms with Gasteiger partial charge in [0.05, 0.1) is 19.1 Å². The van der Waals surface area contributed by atoms with E-state index in [4.69, 9.17) is 14.2 Å². The summed E-state index contributed by atoms with van der Waals surface area (Å²) in [4.78, 5) is 19.2. The molecular formula is C23H26N4O5. The second-order valence-electron chi connectivity index (χ2n) is 7.33. The van der Waals surface area contributed by atoms with Crippen LogP contribution in [0.3, 0.4) is 0 Å². The molecule has 0 saturated carbocycles. The van der Waals surface area contributed by atoms with Gasteiger partial charge in [0.2, 0.25) is 5.82 Å². The summed E-state index contributed by atoms with van der Waals surface area (Å²) >= 11 is 0. The van der Waals surface area contributed by atoms with Crippen LogP contribution < -0.4 is 19.5 Å². The third-order valence-electron chi connectivity index (χ3n) is 4.89. The van der Waals surface area contributed by atoms with Crippen LogP contribution in [0.15, 0.2) is 48.8 Å². The number of aromatic nitrogens is 2. The van der Waals surface area contributed by atoms with Gasteiger partial charge in [0.1, 0.15) is 12.1 Å². The molecule has 3 aromatic rings. The van der Waals surface area contributed by atoms with Crippen LogP contribution in [0.1, 0.15) is 30.9 Å². The van der Waals surface area contributed by atoms with Gasteiger partial charge in [-0.1, -0.05) is 32.0 Å². The molecule has 32 heavy (non-hydrogen) atoms. The fourth-order valence-corrected chi connectivity index (χ4v) is 3.13. The lowest BCUT2D eigenvalue weighted by molar-refractivity contribution is -0.385. The summed E-state index contributed by atoms with van der Waals surface area (Å²) in [6.07, 6.45) is 1.83. The Bertz CT molecular complexity index is 1070. The Labute approximate surface area is 186 Å². The number of hydrogen-bond acceptors (Lipinski definition) is 8. The minimum absolute atomic E-state index is 0.0966. The Kier molecular flexibility index (Phi) is 7.43. The first-order valence-corrected chi connectivity index (χ1v) is 10.1. The summed E-state index contributed by atoms with van der Waals surface area (Å²) in [5, 5.41) is 14.8. The first-order valence-electron chi connectivity index (χ1n) is 10.1. The van der Waals surface area contributed by atoms with Crippen LogP contribution in [-0.4, -0.2) is 35.7 Å². The molecule has 0 saturated heterocycles. The van der Waals surface area contributed by atoms with Gasteiger partial charge in [-0.2, -0.15) is 4.98 Å². The molecule has 0 unspecified atom stereocenters. The molecule has 0 amide bonds. The number of nitrogens with zero attached hydrogens (tertiary/aromatic N) is 3. The average molecular weight is 438 g/mol. The molecule has 1 heterocycles. The van der Waals surface area contributed by atoms with Crippen LogP contribution in [-0.2, 0) is 6.42 Å². The summed E-state index contributed by atoms with van der Waals surface area (Å²) in [5.41, 5.74) is 1.81. The molecule has 9 nitrogen and oxygen atoms in total. The highest BCUT2D eigenvalue weighted by Crippen LogP contribution is 2.34. The maximum atomic E-state index is 11.7. The molecule has 0 bridgehead atoms. The molecule has 0 radical (unpaired) electrons. The summed E-state index contributed by atoms with van der Waals surface area (Å²) in [6, 6.07) is 13.0. The van der Waals surface area contributed by atoms with Crippen molar-refractivity contribution in [2.45, 2.75) is 26.2 Å². The number of methoxy groups -OCH3 is 2. The molecule has 0 fully saturated rings. The van der Waals surface area contributed by atoms with Gasteiger partial charge in [-0.25, -0.2) is 4.98 Å². The smallest absolute Gasteiger partial charge is 0.373 e. The largest absolute Gasteiger partial charge is 0.493 e. The summed E-state index contributed by atoms with van der Waals surface area (Å²) < 4.78 is 16.3. The standard InChI is InChI=1S/C23H26N4O5/c1-15(2)17-6-8-18(9-7-17)32-23-21(27(28)29)22(25-14-26-23)24-12-11-16-5-10-19(30-3)20(13-16)31-4/h5-10,13-15H,11-12H2,1-4H3,(H,24,25,26). The van der Waals surface area contributed by atoms with Crippen LogP contribution in [0.5, 0.6) is 23.1 Å². The Balaban J connectivity index is 1.74. The SMILES string of the molecule is COc1ccc(CCNc2ncnc(Oc3ccc(C(C)C)cc3)c2[N+](=O)[O-])cc1OC. The highest BCUT2D eigenvalue weighted by atomic mass is 16.6. The Hall–Kier alpha value is -3.88. The predicted molar refractivity (Wildman–Crippen MR) is 121 cm³/mol. The first kappa shape index (κ1) is 22.8. The lowest BCUT2D eigenvalue weighted by atomic mass is 10.0. The van der Waals surface area contributed by atoms with Gasteiger partial charge in [-0.05, 0) is 47.7 Å². The number of hydrogen-bond donors (Lipinski definition) is 1. The van der Waals surface area contributed by atoms with E-state index < -0.39 is 4.92 Å². The average Bonchev–Trinajstić information content (AvgIpc) is 2.79. The van der Waals surface area contributed by atoms with E-state index in [1.807, 2.05) is 30.3 Å². The lowest BCUT2D eigenvalue weighted by Crippen LogP contribution is -2.10. The zero-order chi connectivity index (χ0) is 23.1. The molecule has 1 aromatic heterocycles. The summed E-state index contributed by atoms with van der Waals surface area (Å²) in [5.74, 6) is 2.08. The first-order chi connectivity index (χ1) is 15.4. The van der Waals surface area contributed by atoms with Crippen LogP contribution >= 0.6 is 0 Å². The summed E-state index contributed by atoms with van der Waals surface area (Å²) in [6.45, 7) is 4.59. The highest BCUT2D eigenvalue weighted by Gasteiger charge is 2.25.